The molecule has 1 fully saturated rings. The molecule has 1 heterocycles. The summed E-state index contributed by atoms with van der Waals surface area (Å²) < 4.78 is 0.404. The molecule has 0 spiro atoms. The van der Waals surface area contributed by atoms with E-state index >= 15 is 0 Å². The zero-order chi connectivity index (χ0) is 19.0. The summed E-state index contributed by atoms with van der Waals surface area (Å²) >= 11 is 6.49. The van der Waals surface area contributed by atoms with Gasteiger partial charge in [0.2, 0.25) is 0 Å². The molecule has 6 nitrogen and oxygen atoms in total. The lowest BCUT2D eigenvalue weighted by atomic mass is 10.1. The van der Waals surface area contributed by atoms with Crippen molar-refractivity contribution in [1.82, 2.24) is 0 Å². The number of aryl methyl sites for hydroxylation is 2. The first-order valence-electron chi connectivity index (χ1n) is 7.60. The number of thioether (sulfide) groups is 1. The Kier molecular flexibility index (Phi) is 4.80. The molecule has 3 rings (SSSR count). The van der Waals surface area contributed by atoms with Crippen LogP contribution in [0.5, 0.6) is 5.75 Å². The lowest BCUT2D eigenvalue weighted by Gasteiger charge is -2.17. The quantitative estimate of drug-likeness (QED) is 0.366. The number of thiocarbonyl (C=S) groups is 1. The average Bonchev–Trinajstić information content (AvgIpc) is 2.83. The molecule has 2 aromatic rings. The summed E-state index contributed by atoms with van der Waals surface area (Å²) in [4.78, 5) is 24.9. The van der Waals surface area contributed by atoms with E-state index in [0.717, 1.165) is 28.6 Å². The molecule has 0 saturated carbocycles. The van der Waals surface area contributed by atoms with Crippen LogP contribution in [0.2, 0.25) is 0 Å². The number of nitrogens with zero attached hydrogens (tertiary/aromatic N) is 2. The van der Waals surface area contributed by atoms with Gasteiger partial charge >= 0.3 is 5.69 Å². The van der Waals surface area contributed by atoms with Crippen molar-refractivity contribution in [2.24, 2.45) is 0 Å². The average molecular weight is 386 g/mol. The van der Waals surface area contributed by atoms with Crippen LogP contribution in [-0.4, -0.2) is 20.3 Å². The number of amides is 1. The number of hydrogen-bond donors (Lipinski definition) is 1. The summed E-state index contributed by atoms with van der Waals surface area (Å²) in [5.41, 5.74) is 2.77. The first-order valence-corrected chi connectivity index (χ1v) is 8.83. The van der Waals surface area contributed by atoms with Gasteiger partial charge in [-0.05, 0) is 43.2 Å². The third-order valence-corrected chi connectivity index (χ3v) is 5.18. The topological polar surface area (TPSA) is 83.7 Å². The molecule has 0 radical (unpaired) electrons. The van der Waals surface area contributed by atoms with E-state index in [4.69, 9.17) is 12.2 Å². The highest BCUT2D eigenvalue weighted by molar-refractivity contribution is 8.27. The van der Waals surface area contributed by atoms with Gasteiger partial charge in [-0.2, -0.15) is 0 Å². The van der Waals surface area contributed by atoms with E-state index in [9.17, 15) is 20.0 Å². The number of aromatic hydroxyl groups is 1. The van der Waals surface area contributed by atoms with E-state index in [-0.39, 0.29) is 5.91 Å². The Morgan fingerprint density at radius 1 is 1.23 bits per heavy atom. The Morgan fingerprint density at radius 2 is 1.96 bits per heavy atom. The van der Waals surface area contributed by atoms with Crippen LogP contribution in [0.25, 0.3) is 6.08 Å². The van der Waals surface area contributed by atoms with E-state index < -0.39 is 16.4 Å². The molecule has 8 heteroatoms. The zero-order valence-electron chi connectivity index (χ0n) is 13.9. The summed E-state index contributed by atoms with van der Waals surface area (Å²) in [6, 6.07) is 9.69. The van der Waals surface area contributed by atoms with Crippen LogP contribution >= 0.6 is 24.0 Å². The molecule has 0 bridgehead atoms. The van der Waals surface area contributed by atoms with E-state index in [1.165, 1.54) is 29.2 Å². The third-order valence-electron chi connectivity index (χ3n) is 3.88. The highest BCUT2D eigenvalue weighted by Gasteiger charge is 2.34. The highest BCUT2D eigenvalue weighted by Crippen LogP contribution is 2.38. The van der Waals surface area contributed by atoms with Crippen molar-refractivity contribution in [2.45, 2.75) is 13.8 Å². The van der Waals surface area contributed by atoms with Crippen molar-refractivity contribution < 1.29 is 14.8 Å². The lowest BCUT2D eigenvalue weighted by Crippen LogP contribution is -2.28. The lowest BCUT2D eigenvalue weighted by molar-refractivity contribution is -0.385. The molecule has 0 atom stereocenters. The summed E-state index contributed by atoms with van der Waals surface area (Å²) in [6.07, 6.45) is 1.54. The van der Waals surface area contributed by atoms with E-state index in [0.29, 0.717) is 14.8 Å². The monoisotopic (exact) mass is 386 g/mol. The second-order valence-electron chi connectivity index (χ2n) is 5.81. The van der Waals surface area contributed by atoms with Crippen molar-refractivity contribution in [3.05, 3.63) is 68.1 Å². The number of hydrogen-bond acceptors (Lipinski definition) is 6. The fraction of sp³-hybridized carbons (Fsp3) is 0.111. The predicted octanol–water partition coefficient (Wildman–Crippen LogP) is 4.32. The Hall–Kier alpha value is -2.71. The largest absolute Gasteiger partial charge is 0.502 e. The predicted molar refractivity (Wildman–Crippen MR) is 106 cm³/mol. The summed E-state index contributed by atoms with van der Waals surface area (Å²) in [5, 5.41) is 20.5. The zero-order valence-corrected chi connectivity index (χ0v) is 15.6. The van der Waals surface area contributed by atoms with E-state index in [2.05, 4.69) is 0 Å². The van der Waals surface area contributed by atoms with Gasteiger partial charge in [0.1, 0.15) is 0 Å². The number of benzene rings is 2. The van der Waals surface area contributed by atoms with Crippen LogP contribution in [0.15, 0.2) is 41.3 Å². The molecule has 0 aliphatic carbocycles. The van der Waals surface area contributed by atoms with Gasteiger partial charge in [-0.1, -0.05) is 47.7 Å². The molecular weight excluding hydrogens is 372 g/mol. The summed E-state index contributed by atoms with van der Waals surface area (Å²) in [6.45, 7) is 3.88. The standard InChI is InChI=1S/C18H14N2O4S2/c1-10-3-5-13(11(2)7-10)19-17(22)16(26-18(19)25)9-12-4-6-15(21)14(8-12)20(23)24/h3-9,21H,1-2H3/b16-9-. The smallest absolute Gasteiger partial charge is 0.311 e. The van der Waals surface area contributed by atoms with Crippen molar-refractivity contribution in [2.75, 3.05) is 4.90 Å². The van der Waals surface area contributed by atoms with Crippen molar-refractivity contribution in [1.29, 1.82) is 0 Å². The first kappa shape index (κ1) is 18.1. The van der Waals surface area contributed by atoms with Gasteiger partial charge in [0.05, 0.1) is 15.5 Å². The first-order chi connectivity index (χ1) is 12.3. The van der Waals surface area contributed by atoms with Gasteiger partial charge in [-0.25, -0.2) is 0 Å². The number of carbonyl (C=O) groups excluding carboxylic acids is 1. The number of anilines is 1. The molecule has 1 N–H and O–H groups in total. The van der Waals surface area contributed by atoms with Gasteiger partial charge in [0.15, 0.2) is 10.1 Å². The molecule has 1 saturated heterocycles. The Labute approximate surface area is 159 Å². The third kappa shape index (κ3) is 3.33. The second-order valence-corrected chi connectivity index (χ2v) is 7.49. The van der Waals surface area contributed by atoms with Gasteiger partial charge < -0.3 is 5.11 Å². The van der Waals surface area contributed by atoms with Crippen LogP contribution in [-0.2, 0) is 4.79 Å². The van der Waals surface area contributed by atoms with Crippen molar-refractivity contribution >= 4 is 51.7 Å². The number of rotatable bonds is 3. The molecular formula is C18H14N2O4S2. The summed E-state index contributed by atoms with van der Waals surface area (Å²) in [7, 11) is 0. The maximum Gasteiger partial charge on any atom is 0.311 e. The fourth-order valence-corrected chi connectivity index (χ4v) is 3.94. The van der Waals surface area contributed by atoms with Crippen LogP contribution < -0.4 is 4.90 Å². The van der Waals surface area contributed by atoms with Gasteiger partial charge in [0.25, 0.3) is 5.91 Å². The van der Waals surface area contributed by atoms with Crippen LogP contribution in [0.4, 0.5) is 11.4 Å². The van der Waals surface area contributed by atoms with E-state index in [1.54, 1.807) is 0 Å². The fourth-order valence-electron chi connectivity index (χ4n) is 2.66. The maximum atomic E-state index is 12.8. The summed E-state index contributed by atoms with van der Waals surface area (Å²) in [5.74, 6) is -0.697. The van der Waals surface area contributed by atoms with Crippen LogP contribution in [0.3, 0.4) is 0 Å². The van der Waals surface area contributed by atoms with Gasteiger partial charge in [-0.15, -0.1) is 0 Å². The number of nitro groups is 1. The van der Waals surface area contributed by atoms with E-state index in [1.807, 2.05) is 32.0 Å². The van der Waals surface area contributed by atoms with Gasteiger partial charge in [0, 0.05) is 6.07 Å². The Bertz CT molecular complexity index is 985. The minimum absolute atomic E-state index is 0.275. The van der Waals surface area contributed by atoms with Crippen LogP contribution in [0, 0.1) is 24.0 Å². The molecule has 1 aliphatic rings. The van der Waals surface area contributed by atoms with Crippen LogP contribution in [0.1, 0.15) is 16.7 Å². The minimum Gasteiger partial charge on any atom is -0.502 e. The number of phenols is 1. The Balaban J connectivity index is 1.97. The molecule has 1 aliphatic heterocycles. The highest BCUT2D eigenvalue weighted by atomic mass is 32.2. The number of carbonyl (C=O) groups is 1. The van der Waals surface area contributed by atoms with Gasteiger partial charge in [-0.3, -0.25) is 19.8 Å². The SMILES string of the molecule is Cc1ccc(N2C(=O)/C(=C/c3ccc(O)c([N+](=O)[O-])c3)SC2=S)c(C)c1. The van der Waals surface area contributed by atoms with Crippen molar-refractivity contribution in [3.8, 4) is 5.75 Å². The minimum atomic E-state index is -0.673. The molecule has 132 valence electrons. The normalized spacial score (nSPS) is 15.8. The molecule has 0 unspecified atom stereocenters. The molecule has 1 amide bonds. The molecule has 0 aromatic heterocycles. The Morgan fingerprint density at radius 3 is 2.62 bits per heavy atom. The molecule has 2 aromatic carbocycles. The molecule has 26 heavy (non-hydrogen) atoms. The number of phenolic OH excluding ortho intramolecular Hbond substituents is 1. The number of nitro benzene ring substituents is 1. The second kappa shape index (κ2) is 6.89. The van der Waals surface area contributed by atoms with Crippen molar-refractivity contribution in [3.63, 3.8) is 0 Å². The maximum absolute atomic E-state index is 12.8.